The van der Waals surface area contributed by atoms with Crippen molar-refractivity contribution in [2.24, 2.45) is 0 Å². The average Bonchev–Trinajstić information content (AvgIpc) is 3.29. The lowest BCUT2D eigenvalue weighted by Crippen LogP contribution is -2.00. The molecule has 260 valence electrons. The van der Waals surface area contributed by atoms with Crippen LogP contribution in [0.1, 0.15) is 0 Å². The predicted molar refractivity (Wildman–Crippen MR) is 227 cm³/mol. The molecule has 0 bridgehead atoms. The Balaban J connectivity index is 1.32. The molecule has 0 fully saturated rings. The minimum Gasteiger partial charge on any atom is -0.247 e. The Hall–Kier alpha value is -7.88. The van der Waals surface area contributed by atoms with Crippen molar-refractivity contribution in [2.45, 2.75) is 0 Å². The zero-order valence-electron chi connectivity index (χ0n) is 30.0. The second-order valence-electron chi connectivity index (χ2n) is 13.5. The SMILES string of the molecule is [C-]#[N+]c1cc2nc(-c3ccccc3)c(-c3ccccc3)nc2c2c(-c3ccccc3-c3cc(-c4ccccc4)nc(-c4ccccc4)n3)nc3ccccc3c12. The molecule has 10 aromatic rings. The Morgan fingerprint density at radius 1 is 0.375 bits per heavy atom. The van der Waals surface area contributed by atoms with E-state index in [9.17, 15) is 0 Å². The lowest BCUT2D eigenvalue weighted by molar-refractivity contribution is 1.18. The van der Waals surface area contributed by atoms with Gasteiger partial charge in [0.05, 0.1) is 51.6 Å². The van der Waals surface area contributed by atoms with E-state index in [1.165, 1.54) is 0 Å². The molecule has 0 saturated heterocycles. The van der Waals surface area contributed by atoms with Gasteiger partial charge in [0.15, 0.2) is 11.5 Å². The Morgan fingerprint density at radius 3 is 1.55 bits per heavy atom. The standard InChI is InChI=1S/C50H30N6/c1-51-42-31-43-49(56-47(34-22-10-4-11-23-34)46(53-43)33-20-8-3-9-21-33)45-44(42)38-28-16-17-29-39(38)52-48(45)37-27-15-14-26-36(37)41-30-40(32-18-6-2-7-19-32)54-50(55-41)35-24-12-5-13-25-35/h2-31H. The summed E-state index contributed by atoms with van der Waals surface area (Å²) in [7, 11) is 0. The van der Waals surface area contributed by atoms with Crippen LogP contribution in [-0.4, -0.2) is 24.9 Å². The molecule has 56 heavy (non-hydrogen) atoms. The summed E-state index contributed by atoms with van der Waals surface area (Å²) in [6, 6.07) is 60.6. The van der Waals surface area contributed by atoms with Crippen LogP contribution in [0.5, 0.6) is 0 Å². The number of para-hydroxylation sites is 1. The zero-order chi connectivity index (χ0) is 37.4. The number of fused-ring (bicyclic) bond motifs is 5. The van der Waals surface area contributed by atoms with Gasteiger partial charge < -0.3 is 0 Å². The molecule has 6 nitrogen and oxygen atoms in total. The molecule has 3 heterocycles. The van der Waals surface area contributed by atoms with Crippen LogP contribution in [0.15, 0.2) is 182 Å². The van der Waals surface area contributed by atoms with Gasteiger partial charge in [-0.15, -0.1) is 0 Å². The number of hydrogen-bond donors (Lipinski definition) is 0. The molecule has 0 aliphatic heterocycles. The number of hydrogen-bond acceptors (Lipinski definition) is 5. The van der Waals surface area contributed by atoms with Crippen LogP contribution in [0.4, 0.5) is 5.69 Å². The molecule has 0 atom stereocenters. The molecule has 0 N–H and O–H groups in total. The van der Waals surface area contributed by atoms with Crippen LogP contribution < -0.4 is 0 Å². The van der Waals surface area contributed by atoms with Crippen LogP contribution in [0.3, 0.4) is 0 Å². The summed E-state index contributed by atoms with van der Waals surface area (Å²) in [6.45, 7) is 8.47. The highest BCUT2D eigenvalue weighted by atomic mass is 14.9. The summed E-state index contributed by atoms with van der Waals surface area (Å²) in [4.78, 5) is 30.6. The van der Waals surface area contributed by atoms with Gasteiger partial charge in [0.25, 0.3) is 0 Å². The van der Waals surface area contributed by atoms with Gasteiger partial charge in [-0.1, -0.05) is 164 Å². The van der Waals surface area contributed by atoms with E-state index < -0.39 is 0 Å². The molecule has 6 heteroatoms. The van der Waals surface area contributed by atoms with Gasteiger partial charge in [0, 0.05) is 44.2 Å². The highest BCUT2D eigenvalue weighted by molar-refractivity contribution is 6.25. The topological polar surface area (TPSA) is 68.8 Å². The summed E-state index contributed by atoms with van der Waals surface area (Å²) in [5.41, 5.74) is 11.9. The van der Waals surface area contributed by atoms with Gasteiger partial charge in [0.1, 0.15) is 0 Å². The first-order valence-corrected chi connectivity index (χ1v) is 18.4. The smallest absolute Gasteiger partial charge is 0.197 e. The molecule has 7 aromatic carbocycles. The lowest BCUT2D eigenvalue weighted by atomic mass is 9.93. The van der Waals surface area contributed by atoms with Crippen LogP contribution >= 0.6 is 0 Å². The number of nitrogens with zero attached hydrogens (tertiary/aromatic N) is 6. The second-order valence-corrected chi connectivity index (χ2v) is 13.5. The van der Waals surface area contributed by atoms with Gasteiger partial charge in [-0.05, 0) is 23.6 Å². The fourth-order valence-corrected chi connectivity index (χ4v) is 7.49. The van der Waals surface area contributed by atoms with Gasteiger partial charge in [0.2, 0.25) is 0 Å². The van der Waals surface area contributed by atoms with E-state index in [1.54, 1.807) is 0 Å². The number of aromatic nitrogens is 5. The Kier molecular flexibility index (Phi) is 8.09. The van der Waals surface area contributed by atoms with Crippen molar-refractivity contribution in [3.8, 4) is 67.7 Å². The maximum absolute atomic E-state index is 8.47. The highest BCUT2D eigenvalue weighted by Gasteiger charge is 2.23. The van der Waals surface area contributed by atoms with E-state index in [1.807, 2.05) is 146 Å². The summed E-state index contributed by atoms with van der Waals surface area (Å²) in [5, 5.41) is 2.44. The van der Waals surface area contributed by atoms with Gasteiger partial charge in [-0.25, -0.2) is 29.8 Å². The van der Waals surface area contributed by atoms with Crippen LogP contribution in [0.25, 0.3) is 105 Å². The number of benzene rings is 7. The lowest BCUT2D eigenvalue weighted by Gasteiger charge is -2.18. The van der Waals surface area contributed by atoms with Crippen LogP contribution in [0, 0.1) is 6.57 Å². The largest absolute Gasteiger partial charge is 0.247 e. The summed E-state index contributed by atoms with van der Waals surface area (Å²) >= 11 is 0. The van der Waals surface area contributed by atoms with Crippen LogP contribution in [0.2, 0.25) is 0 Å². The van der Waals surface area contributed by atoms with Crippen LogP contribution in [-0.2, 0) is 0 Å². The third-order valence-electron chi connectivity index (χ3n) is 10.1. The molecular formula is C50H30N6. The van der Waals surface area contributed by atoms with Gasteiger partial charge >= 0.3 is 0 Å². The quantitative estimate of drug-likeness (QED) is 0.127. The molecular weight excluding hydrogens is 685 g/mol. The van der Waals surface area contributed by atoms with E-state index in [0.717, 1.165) is 77.8 Å². The fourth-order valence-electron chi connectivity index (χ4n) is 7.49. The van der Waals surface area contributed by atoms with Gasteiger partial charge in [-0.3, -0.25) is 0 Å². The van der Waals surface area contributed by atoms with Crippen molar-refractivity contribution >= 4 is 38.4 Å². The van der Waals surface area contributed by atoms with Crippen molar-refractivity contribution in [2.75, 3.05) is 0 Å². The van der Waals surface area contributed by atoms with E-state index >= 15 is 0 Å². The minimum atomic E-state index is 0.491. The van der Waals surface area contributed by atoms with Crippen molar-refractivity contribution in [3.05, 3.63) is 193 Å². The Labute approximate surface area is 323 Å². The third kappa shape index (κ3) is 5.72. The fraction of sp³-hybridized carbons (Fsp3) is 0. The molecule has 3 aromatic heterocycles. The Bertz CT molecular complexity index is 3070. The number of rotatable bonds is 6. The second kappa shape index (κ2) is 13.8. The number of pyridine rings is 1. The maximum Gasteiger partial charge on any atom is 0.197 e. The molecule has 0 spiro atoms. The van der Waals surface area contributed by atoms with Crippen molar-refractivity contribution in [3.63, 3.8) is 0 Å². The minimum absolute atomic E-state index is 0.491. The molecule has 0 unspecified atom stereocenters. The van der Waals surface area contributed by atoms with E-state index in [4.69, 9.17) is 31.5 Å². The van der Waals surface area contributed by atoms with E-state index in [2.05, 4.69) is 41.2 Å². The third-order valence-corrected chi connectivity index (χ3v) is 10.1. The zero-order valence-corrected chi connectivity index (χ0v) is 30.0. The molecule has 10 rings (SSSR count). The first kappa shape index (κ1) is 32.7. The average molecular weight is 715 g/mol. The Morgan fingerprint density at radius 2 is 0.893 bits per heavy atom. The van der Waals surface area contributed by atoms with Crippen molar-refractivity contribution < 1.29 is 0 Å². The summed E-state index contributed by atoms with van der Waals surface area (Å²) < 4.78 is 0. The first-order valence-electron chi connectivity index (χ1n) is 18.4. The molecule has 0 aliphatic rings. The molecule has 0 aliphatic carbocycles. The molecule has 0 radical (unpaired) electrons. The molecule has 0 amide bonds. The predicted octanol–water partition coefficient (Wildman–Crippen LogP) is 12.7. The van der Waals surface area contributed by atoms with Crippen molar-refractivity contribution in [1.82, 2.24) is 24.9 Å². The van der Waals surface area contributed by atoms with Gasteiger partial charge in [-0.2, -0.15) is 0 Å². The van der Waals surface area contributed by atoms with Crippen molar-refractivity contribution in [1.29, 1.82) is 0 Å². The monoisotopic (exact) mass is 714 g/mol. The summed E-state index contributed by atoms with van der Waals surface area (Å²) in [6.07, 6.45) is 0. The van der Waals surface area contributed by atoms with E-state index in [0.29, 0.717) is 28.2 Å². The van der Waals surface area contributed by atoms with E-state index in [-0.39, 0.29) is 0 Å². The normalized spacial score (nSPS) is 11.2. The molecule has 0 saturated carbocycles. The maximum atomic E-state index is 8.47. The highest BCUT2D eigenvalue weighted by Crippen LogP contribution is 2.45. The first-order chi connectivity index (χ1) is 27.7. The summed E-state index contributed by atoms with van der Waals surface area (Å²) in [5.74, 6) is 0.626.